The molecule has 1 aromatic rings. The Morgan fingerprint density at radius 2 is 1.96 bits per heavy atom. The van der Waals surface area contributed by atoms with Crippen LogP contribution in [0.1, 0.15) is 37.7 Å². The molecule has 2 fully saturated rings. The molecular formula is C19H29N3OS. The lowest BCUT2D eigenvalue weighted by molar-refractivity contribution is -0.0280. The predicted molar refractivity (Wildman–Crippen MR) is 102 cm³/mol. The second kappa shape index (κ2) is 9.35. The topological polar surface area (TPSA) is 36.5 Å². The standard InChI is InChI=1S/C19H29N3OS/c24-19(21-17-9-5-2-6-10-17)20-13-18-15-22(11-12-23-18)14-16-7-3-1-4-8-16/h1,3-4,7-8,17-18H,2,5-6,9-15H2,(H2,20,21,24)/t18-/m0/s1. The van der Waals surface area contributed by atoms with Crippen LogP contribution in [0, 0.1) is 0 Å². The summed E-state index contributed by atoms with van der Waals surface area (Å²) in [5.74, 6) is 0. The third-order valence-electron chi connectivity index (χ3n) is 4.90. The minimum atomic E-state index is 0.202. The second-order valence-electron chi connectivity index (χ2n) is 6.90. The van der Waals surface area contributed by atoms with Gasteiger partial charge in [0.25, 0.3) is 0 Å². The van der Waals surface area contributed by atoms with Crippen molar-refractivity contribution in [2.45, 2.75) is 50.8 Å². The van der Waals surface area contributed by atoms with E-state index in [1.165, 1.54) is 37.7 Å². The van der Waals surface area contributed by atoms with E-state index in [-0.39, 0.29) is 6.10 Å². The lowest BCUT2D eigenvalue weighted by atomic mass is 9.96. The first-order valence-electron chi connectivity index (χ1n) is 9.22. The predicted octanol–water partition coefficient (Wildman–Crippen LogP) is 2.68. The van der Waals surface area contributed by atoms with Gasteiger partial charge < -0.3 is 15.4 Å². The third-order valence-corrected chi connectivity index (χ3v) is 5.16. The zero-order valence-electron chi connectivity index (χ0n) is 14.4. The van der Waals surface area contributed by atoms with Crippen molar-refractivity contribution in [3.05, 3.63) is 35.9 Å². The molecule has 1 aliphatic heterocycles. The van der Waals surface area contributed by atoms with E-state index >= 15 is 0 Å². The maximum atomic E-state index is 5.89. The minimum Gasteiger partial charge on any atom is -0.374 e. The molecule has 1 saturated carbocycles. The molecule has 1 aliphatic carbocycles. The molecule has 0 spiro atoms. The summed E-state index contributed by atoms with van der Waals surface area (Å²) in [4.78, 5) is 2.46. The lowest BCUT2D eigenvalue weighted by Gasteiger charge is -2.33. The fraction of sp³-hybridized carbons (Fsp3) is 0.632. The van der Waals surface area contributed by atoms with Crippen LogP contribution in [-0.4, -0.2) is 48.4 Å². The van der Waals surface area contributed by atoms with Gasteiger partial charge in [0, 0.05) is 32.2 Å². The number of ether oxygens (including phenoxy) is 1. The van der Waals surface area contributed by atoms with Gasteiger partial charge in [0.1, 0.15) is 0 Å². The van der Waals surface area contributed by atoms with E-state index in [0.717, 1.165) is 37.9 Å². The summed E-state index contributed by atoms with van der Waals surface area (Å²) in [6.07, 6.45) is 6.69. The molecule has 0 unspecified atom stereocenters. The van der Waals surface area contributed by atoms with Crippen LogP contribution >= 0.6 is 12.2 Å². The SMILES string of the molecule is S=C(NC[C@H]1CN(Cc2ccccc2)CCO1)NC1CCCCC1. The van der Waals surface area contributed by atoms with Gasteiger partial charge in [-0.2, -0.15) is 0 Å². The van der Waals surface area contributed by atoms with E-state index in [2.05, 4.69) is 45.9 Å². The fourth-order valence-electron chi connectivity index (χ4n) is 3.58. The number of hydrogen-bond acceptors (Lipinski definition) is 3. The molecule has 3 rings (SSSR count). The number of morpholine rings is 1. The van der Waals surface area contributed by atoms with Crippen LogP contribution in [0.2, 0.25) is 0 Å². The fourth-order valence-corrected chi connectivity index (χ4v) is 3.83. The maximum Gasteiger partial charge on any atom is 0.166 e. The van der Waals surface area contributed by atoms with Crippen molar-refractivity contribution >= 4 is 17.3 Å². The molecule has 1 heterocycles. The van der Waals surface area contributed by atoms with Crippen LogP contribution in [0.15, 0.2) is 30.3 Å². The van der Waals surface area contributed by atoms with Gasteiger partial charge in [-0.1, -0.05) is 49.6 Å². The van der Waals surface area contributed by atoms with Crippen LogP contribution in [0.5, 0.6) is 0 Å². The van der Waals surface area contributed by atoms with Crippen molar-refractivity contribution < 1.29 is 4.74 Å². The van der Waals surface area contributed by atoms with Gasteiger partial charge in [-0.05, 0) is 30.6 Å². The summed E-state index contributed by atoms with van der Waals surface area (Å²) >= 11 is 5.45. The van der Waals surface area contributed by atoms with E-state index in [1.807, 2.05) is 0 Å². The molecule has 0 amide bonds. The van der Waals surface area contributed by atoms with E-state index in [1.54, 1.807) is 0 Å². The van der Waals surface area contributed by atoms with Crippen LogP contribution < -0.4 is 10.6 Å². The van der Waals surface area contributed by atoms with Gasteiger partial charge in [0.15, 0.2) is 5.11 Å². The summed E-state index contributed by atoms with van der Waals surface area (Å²) in [6.45, 7) is 4.52. The molecule has 2 aliphatic rings. The monoisotopic (exact) mass is 347 g/mol. The number of nitrogens with one attached hydrogen (secondary N) is 2. The Balaban J connectivity index is 1.38. The Labute approximate surface area is 150 Å². The van der Waals surface area contributed by atoms with E-state index in [4.69, 9.17) is 17.0 Å². The van der Waals surface area contributed by atoms with Crippen molar-refractivity contribution in [1.29, 1.82) is 0 Å². The number of benzene rings is 1. The summed E-state index contributed by atoms with van der Waals surface area (Å²) in [6, 6.07) is 11.2. The highest BCUT2D eigenvalue weighted by atomic mass is 32.1. The molecule has 2 N–H and O–H groups in total. The molecule has 132 valence electrons. The molecule has 5 heteroatoms. The Kier molecular flexibility index (Phi) is 6.87. The Morgan fingerprint density at radius 3 is 2.75 bits per heavy atom. The van der Waals surface area contributed by atoms with Gasteiger partial charge in [0.05, 0.1) is 12.7 Å². The normalized spacial score (nSPS) is 22.9. The average molecular weight is 348 g/mol. The third kappa shape index (κ3) is 5.72. The van der Waals surface area contributed by atoms with Crippen molar-refractivity contribution in [2.75, 3.05) is 26.2 Å². The number of hydrogen-bond donors (Lipinski definition) is 2. The summed E-state index contributed by atoms with van der Waals surface area (Å²) < 4.78 is 5.89. The van der Waals surface area contributed by atoms with Gasteiger partial charge in [-0.15, -0.1) is 0 Å². The number of rotatable bonds is 5. The molecule has 4 nitrogen and oxygen atoms in total. The van der Waals surface area contributed by atoms with E-state index in [9.17, 15) is 0 Å². The highest BCUT2D eigenvalue weighted by molar-refractivity contribution is 7.80. The molecule has 0 radical (unpaired) electrons. The minimum absolute atomic E-state index is 0.202. The smallest absolute Gasteiger partial charge is 0.166 e. The molecule has 1 atom stereocenters. The molecule has 24 heavy (non-hydrogen) atoms. The van der Waals surface area contributed by atoms with Crippen LogP contribution in [0.25, 0.3) is 0 Å². The van der Waals surface area contributed by atoms with E-state index in [0.29, 0.717) is 6.04 Å². The van der Waals surface area contributed by atoms with E-state index < -0.39 is 0 Å². The van der Waals surface area contributed by atoms with Gasteiger partial charge in [-0.25, -0.2) is 0 Å². The maximum absolute atomic E-state index is 5.89. The number of nitrogens with zero attached hydrogens (tertiary/aromatic N) is 1. The molecular weight excluding hydrogens is 318 g/mol. The quantitative estimate of drug-likeness (QED) is 0.801. The van der Waals surface area contributed by atoms with Crippen molar-refractivity contribution in [1.82, 2.24) is 15.5 Å². The van der Waals surface area contributed by atoms with Crippen molar-refractivity contribution in [2.24, 2.45) is 0 Å². The largest absolute Gasteiger partial charge is 0.374 e. The zero-order chi connectivity index (χ0) is 16.6. The Bertz CT molecular complexity index is 505. The first-order valence-corrected chi connectivity index (χ1v) is 9.62. The molecule has 0 aromatic heterocycles. The summed E-state index contributed by atoms with van der Waals surface area (Å²) in [7, 11) is 0. The molecule has 0 bridgehead atoms. The van der Waals surface area contributed by atoms with Crippen LogP contribution in [-0.2, 0) is 11.3 Å². The van der Waals surface area contributed by atoms with Gasteiger partial charge >= 0.3 is 0 Å². The molecule has 1 saturated heterocycles. The van der Waals surface area contributed by atoms with Gasteiger partial charge in [0.2, 0.25) is 0 Å². The van der Waals surface area contributed by atoms with Gasteiger partial charge in [-0.3, -0.25) is 4.90 Å². The Hall–Kier alpha value is -1.17. The summed E-state index contributed by atoms with van der Waals surface area (Å²) in [5, 5.41) is 7.60. The second-order valence-corrected chi connectivity index (χ2v) is 7.31. The highest BCUT2D eigenvalue weighted by Crippen LogP contribution is 2.17. The first-order chi connectivity index (χ1) is 11.8. The van der Waals surface area contributed by atoms with Crippen LogP contribution in [0.3, 0.4) is 0 Å². The summed E-state index contributed by atoms with van der Waals surface area (Å²) in [5.41, 5.74) is 1.36. The average Bonchev–Trinajstić information content (AvgIpc) is 2.62. The zero-order valence-corrected chi connectivity index (χ0v) is 15.2. The molecule has 1 aromatic carbocycles. The number of thiocarbonyl (C=S) groups is 1. The highest BCUT2D eigenvalue weighted by Gasteiger charge is 2.21. The van der Waals surface area contributed by atoms with Crippen LogP contribution in [0.4, 0.5) is 0 Å². The lowest BCUT2D eigenvalue weighted by Crippen LogP contribution is -2.50. The Morgan fingerprint density at radius 1 is 1.17 bits per heavy atom. The first kappa shape index (κ1) is 17.6. The van der Waals surface area contributed by atoms with Crippen molar-refractivity contribution in [3.8, 4) is 0 Å². The van der Waals surface area contributed by atoms with Crippen molar-refractivity contribution in [3.63, 3.8) is 0 Å².